The Kier molecular flexibility index (Phi) is 8.79. The van der Waals surface area contributed by atoms with Crippen molar-refractivity contribution in [3.8, 4) is 51.0 Å². The molecule has 0 amide bonds. The Bertz CT molecular complexity index is 3550. The largest absolute Gasteiger partial charge is 0.309 e. The highest BCUT2D eigenvalue weighted by atomic mass is 32.1. The van der Waals surface area contributed by atoms with Crippen molar-refractivity contribution in [3.63, 3.8) is 0 Å². The van der Waals surface area contributed by atoms with Gasteiger partial charge in [-0.2, -0.15) is 0 Å². The summed E-state index contributed by atoms with van der Waals surface area (Å²) in [5.41, 5.74) is 14.1. The second kappa shape index (κ2) is 15.1. The van der Waals surface area contributed by atoms with E-state index in [4.69, 9.17) is 15.0 Å². The summed E-state index contributed by atoms with van der Waals surface area (Å²) in [6, 6.07) is 69.0. The van der Waals surface area contributed by atoms with Crippen molar-refractivity contribution in [1.29, 1.82) is 0 Å². The number of fused-ring (bicyclic) bond motifs is 6. The van der Waals surface area contributed by atoms with Crippen molar-refractivity contribution < 1.29 is 0 Å². The predicted octanol–water partition coefficient (Wildman–Crippen LogP) is 15.3. The molecule has 5 heteroatoms. The number of benzene rings is 8. The van der Waals surface area contributed by atoms with Crippen LogP contribution in [0.2, 0.25) is 0 Å². The van der Waals surface area contributed by atoms with Crippen molar-refractivity contribution >= 4 is 64.5 Å². The Balaban J connectivity index is 0.993. The van der Waals surface area contributed by atoms with Crippen molar-refractivity contribution in [1.82, 2.24) is 19.5 Å². The standard InChI is InChI=1S/C57H38N4S/c1-4-16-37(17-5-1)38-30-32-40(33-31-38)56-58-55(39-18-6-2-7-19-39)59-57(60-56)41-34-35-45-48-27-14-26-47(54(48)62-52(45)36-41)44-23-11-10-22-43(44)46-25-15-29-51-53(46)49-24-12-13-28-50(49)61(51)42-20-8-3-9-21-42/h1-10,12-22,24-36H,11,23H2. The van der Waals surface area contributed by atoms with E-state index in [0.717, 1.165) is 35.1 Å². The van der Waals surface area contributed by atoms with Gasteiger partial charge in [-0.3, -0.25) is 0 Å². The fraction of sp³-hybridized carbons (Fsp3) is 0.0351. The van der Waals surface area contributed by atoms with Crippen molar-refractivity contribution in [2.75, 3.05) is 0 Å². The zero-order valence-electron chi connectivity index (χ0n) is 33.7. The molecule has 12 rings (SSSR count). The molecule has 0 bridgehead atoms. The maximum Gasteiger partial charge on any atom is 0.164 e. The second-order valence-corrected chi connectivity index (χ2v) is 16.9. The highest BCUT2D eigenvalue weighted by Gasteiger charge is 2.22. The van der Waals surface area contributed by atoms with Crippen LogP contribution < -0.4 is 0 Å². The first kappa shape index (κ1) is 36.1. The number of hydrogen-bond donors (Lipinski definition) is 0. The Morgan fingerprint density at radius 2 is 1.00 bits per heavy atom. The molecular weight excluding hydrogens is 773 g/mol. The van der Waals surface area contributed by atoms with Crippen LogP contribution in [0.5, 0.6) is 0 Å². The molecule has 3 heterocycles. The van der Waals surface area contributed by atoms with E-state index < -0.39 is 0 Å². The highest BCUT2D eigenvalue weighted by Crippen LogP contribution is 2.46. The van der Waals surface area contributed by atoms with Crippen molar-refractivity contribution in [2.45, 2.75) is 12.8 Å². The van der Waals surface area contributed by atoms with E-state index in [9.17, 15) is 0 Å². The molecule has 0 saturated carbocycles. The van der Waals surface area contributed by atoms with Crippen LogP contribution in [-0.2, 0) is 0 Å². The van der Waals surface area contributed by atoms with E-state index in [1.54, 1.807) is 0 Å². The van der Waals surface area contributed by atoms with Crippen LogP contribution >= 0.6 is 11.3 Å². The lowest BCUT2D eigenvalue weighted by Crippen LogP contribution is -2.00. The molecule has 62 heavy (non-hydrogen) atoms. The fourth-order valence-corrected chi connectivity index (χ4v) is 10.5. The van der Waals surface area contributed by atoms with Crippen molar-refractivity contribution in [2.24, 2.45) is 0 Å². The third-order valence-corrected chi connectivity index (χ3v) is 13.4. The molecule has 11 aromatic rings. The lowest BCUT2D eigenvalue weighted by molar-refractivity contribution is 1.06. The van der Waals surface area contributed by atoms with Gasteiger partial charge < -0.3 is 4.57 Å². The van der Waals surface area contributed by atoms with Crippen LogP contribution in [0.1, 0.15) is 24.0 Å². The van der Waals surface area contributed by atoms with E-state index in [-0.39, 0.29) is 0 Å². The van der Waals surface area contributed by atoms with Gasteiger partial charge in [0.25, 0.3) is 0 Å². The molecule has 292 valence electrons. The van der Waals surface area contributed by atoms with E-state index in [2.05, 4.69) is 187 Å². The summed E-state index contributed by atoms with van der Waals surface area (Å²) >= 11 is 1.86. The summed E-state index contributed by atoms with van der Waals surface area (Å²) in [5, 5.41) is 5.07. The molecule has 0 saturated heterocycles. The number of rotatable bonds is 7. The maximum absolute atomic E-state index is 5.13. The zero-order chi connectivity index (χ0) is 41.0. The molecule has 0 unspecified atom stereocenters. The smallest absolute Gasteiger partial charge is 0.164 e. The Morgan fingerprint density at radius 3 is 1.77 bits per heavy atom. The maximum atomic E-state index is 5.13. The SMILES string of the molecule is C1=CC(c2cccc3c2c2ccccc2n3-c2ccccc2)=C(c2cccc3c2sc2cc(-c4nc(-c5ccccc5)nc(-c5ccc(-c6ccccc6)cc5)n4)ccc23)CC1. The topological polar surface area (TPSA) is 43.6 Å². The summed E-state index contributed by atoms with van der Waals surface area (Å²) in [6.45, 7) is 0. The molecule has 0 atom stereocenters. The Labute approximate surface area is 363 Å². The molecule has 0 fully saturated rings. The van der Waals surface area contributed by atoms with Crippen LogP contribution in [0.15, 0.2) is 206 Å². The summed E-state index contributed by atoms with van der Waals surface area (Å²) in [5.74, 6) is 1.97. The average Bonchev–Trinajstić information content (AvgIpc) is 3.90. The summed E-state index contributed by atoms with van der Waals surface area (Å²) in [6.07, 6.45) is 6.69. The lowest BCUT2D eigenvalue weighted by atomic mass is 9.86. The van der Waals surface area contributed by atoms with Gasteiger partial charge in [0, 0.05) is 53.3 Å². The first-order valence-corrected chi connectivity index (χ1v) is 22.0. The summed E-state index contributed by atoms with van der Waals surface area (Å²) in [7, 11) is 0. The summed E-state index contributed by atoms with van der Waals surface area (Å²) in [4.78, 5) is 15.2. The third-order valence-electron chi connectivity index (χ3n) is 12.2. The van der Waals surface area contributed by atoms with Gasteiger partial charge in [-0.15, -0.1) is 11.3 Å². The van der Waals surface area contributed by atoms with Gasteiger partial charge in [-0.1, -0.05) is 176 Å². The molecule has 0 radical (unpaired) electrons. The second-order valence-electron chi connectivity index (χ2n) is 15.8. The van der Waals surface area contributed by atoms with Crippen LogP contribution in [0, 0.1) is 0 Å². The third kappa shape index (κ3) is 6.17. The first-order valence-electron chi connectivity index (χ1n) is 21.2. The van der Waals surface area contributed by atoms with Crippen LogP contribution in [-0.4, -0.2) is 19.5 Å². The van der Waals surface area contributed by atoms with E-state index >= 15 is 0 Å². The van der Waals surface area contributed by atoms with Gasteiger partial charge in [0.15, 0.2) is 17.5 Å². The first-order chi connectivity index (χ1) is 30.7. The molecule has 4 nitrogen and oxygen atoms in total. The molecule has 0 spiro atoms. The highest BCUT2D eigenvalue weighted by molar-refractivity contribution is 7.26. The summed E-state index contributed by atoms with van der Waals surface area (Å²) < 4.78 is 4.92. The minimum Gasteiger partial charge on any atom is -0.309 e. The van der Waals surface area contributed by atoms with Gasteiger partial charge in [-0.25, -0.2) is 15.0 Å². The quantitative estimate of drug-likeness (QED) is 0.161. The van der Waals surface area contributed by atoms with Crippen LogP contribution in [0.4, 0.5) is 0 Å². The molecule has 0 N–H and O–H groups in total. The number of nitrogens with zero attached hydrogens (tertiary/aromatic N) is 4. The van der Waals surface area contributed by atoms with E-state index in [1.165, 1.54) is 75.5 Å². The number of hydrogen-bond acceptors (Lipinski definition) is 4. The van der Waals surface area contributed by atoms with E-state index in [0.29, 0.717) is 17.5 Å². The normalized spacial score (nSPS) is 12.9. The van der Waals surface area contributed by atoms with Crippen molar-refractivity contribution in [3.05, 3.63) is 217 Å². The monoisotopic (exact) mass is 810 g/mol. The van der Waals surface area contributed by atoms with E-state index in [1.807, 2.05) is 35.6 Å². The Hall–Kier alpha value is -7.73. The van der Waals surface area contributed by atoms with Crippen LogP contribution in [0.25, 0.3) is 104 Å². The number of thiophene rings is 1. The van der Waals surface area contributed by atoms with Gasteiger partial charge in [0.2, 0.25) is 0 Å². The average molecular weight is 811 g/mol. The fourth-order valence-electron chi connectivity index (χ4n) is 9.26. The van der Waals surface area contributed by atoms with Gasteiger partial charge in [-0.05, 0) is 76.6 Å². The van der Waals surface area contributed by atoms with Gasteiger partial charge >= 0.3 is 0 Å². The number of aromatic nitrogens is 4. The van der Waals surface area contributed by atoms with Gasteiger partial charge in [0.05, 0.1) is 11.0 Å². The molecule has 8 aromatic carbocycles. The molecule has 1 aliphatic rings. The zero-order valence-corrected chi connectivity index (χ0v) is 34.6. The number of allylic oxidation sites excluding steroid dienone is 4. The molecule has 3 aromatic heterocycles. The lowest BCUT2D eigenvalue weighted by Gasteiger charge is -2.19. The minimum atomic E-state index is 0.652. The van der Waals surface area contributed by atoms with Gasteiger partial charge in [0.1, 0.15) is 0 Å². The number of para-hydroxylation sites is 2. The molecule has 0 aliphatic heterocycles. The Morgan fingerprint density at radius 1 is 0.435 bits per heavy atom. The van der Waals surface area contributed by atoms with Crippen LogP contribution in [0.3, 0.4) is 0 Å². The minimum absolute atomic E-state index is 0.652. The molecule has 1 aliphatic carbocycles. The predicted molar refractivity (Wildman–Crippen MR) is 260 cm³/mol. The molecular formula is C57H38N4S.